The Labute approximate surface area is 112 Å². The van der Waals surface area contributed by atoms with Crippen LogP contribution in [-0.2, 0) is 4.79 Å². The van der Waals surface area contributed by atoms with Gasteiger partial charge in [0, 0.05) is 12.6 Å². The third-order valence-corrected chi connectivity index (χ3v) is 8.98. The van der Waals surface area contributed by atoms with E-state index in [1.54, 1.807) is 0 Å². The largest absolute Gasteiger partial charge is 0.326 e. The number of allylic oxidation sites excluding steroid dienone is 5. The number of carbonyl (C=O) groups is 1. The lowest BCUT2D eigenvalue weighted by Gasteiger charge is -2.38. The van der Waals surface area contributed by atoms with Crippen molar-refractivity contribution in [1.29, 1.82) is 0 Å². The fourth-order valence-electron chi connectivity index (χ4n) is 2.36. The molecule has 0 saturated heterocycles. The van der Waals surface area contributed by atoms with Crippen molar-refractivity contribution in [2.75, 3.05) is 0 Å². The Balaban J connectivity index is 2.94. The maximum Gasteiger partial charge on any atom is 0.221 e. The van der Waals surface area contributed by atoms with Gasteiger partial charge in [0.05, 0.1) is 8.07 Å². The van der Waals surface area contributed by atoms with Crippen molar-refractivity contribution in [2.45, 2.75) is 51.4 Å². The lowest BCUT2D eigenvalue weighted by atomic mass is 10.1. The van der Waals surface area contributed by atoms with Crippen LogP contribution in [0.2, 0.25) is 24.2 Å². The minimum Gasteiger partial charge on any atom is -0.326 e. The summed E-state index contributed by atoms with van der Waals surface area (Å²) in [6.07, 6.45) is 11.9. The van der Waals surface area contributed by atoms with E-state index in [1.165, 1.54) is 19.4 Å². The van der Waals surface area contributed by atoms with E-state index in [9.17, 15) is 4.79 Å². The first-order chi connectivity index (χ1) is 8.31. The standard InChI is InChI=1S/C15H25NOSi/c1-6-12-18(4,5)15(3)10-7-8-14(9-11-15)16-13(2)17/h7-11H,6,12H2,1-5H3,(H,16,17). The van der Waals surface area contributed by atoms with E-state index in [-0.39, 0.29) is 10.9 Å². The van der Waals surface area contributed by atoms with Crippen LogP contribution in [0, 0.1) is 0 Å². The first-order valence-electron chi connectivity index (χ1n) is 6.67. The van der Waals surface area contributed by atoms with Gasteiger partial charge in [-0.2, -0.15) is 0 Å². The van der Waals surface area contributed by atoms with Gasteiger partial charge in [0.2, 0.25) is 5.91 Å². The molecule has 0 aliphatic heterocycles. The summed E-state index contributed by atoms with van der Waals surface area (Å²) >= 11 is 0. The summed E-state index contributed by atoms with van der Waals surface area (Å²) in [6, 6.07) is 1.31. The molecular weight excluding hydrogens is 238 g/mol. The van der Waals surface area contributed by atoms with Gasteiger partial charge in [0.25, 0.3) is 0 Å². The normalized spacial score (nSPS) is 23.5. The molecule has 1 rings (SSSR count). The van der Waals surface area contributed by atoms with Gasteiger partial charge in [-0.15, -0.1) is 0 Å². The monoisotopic (exact) mass is 263 g/mol. The minimum absolute atomic E-state index is 0.0204. The van der Waals surface area contributed by atoms with Gasteiger partial charge < -0.3 is 5.32 Å². The van der Waals surface area contributed by atoms with Gasteiger partial charge >= 0.3 is 0 Å². The zero-order valence-corrected chi connectivity index (χ0v) is 13.2. The molecule has 3 heteroatoms. The summed E-state index contributed by atoms with van der Waals surface area (Å²) in [5.41, 5.74) is 0.878. The second kappa shape index (κ2) is 5.70. The number of nitrogens with one attached hydrogen (secondary N) is 1. The van der Waals surface area contributed by atoms with Crippen molar-refractivity contribution in [3.63, 3.8) is 0 Å². The van der Waals surface area contributed by atoms with Crippen molar-refractivity contribution >= 4 is 14.0 Å². The van der Waals surface area contributed by atoms with Crippen LogP contribution in [0.3, 0.4) is 0 Å². The second-order valence-corrected chi connectivity index (χ2v) is 11.3. The topological polar surface area (TPSA) is 29.1 Å². The van der Waals surface area contributed by atoms with E-state index in [2.05, 4.69) is 50.5 Å². The predicted molar refractivity (Wildman–Crippen MR) is 81.1 cm³/mol. The van der Waals surface area contributed by atoms with Crippen LogP contribution in [0.25, 0.3) is 0 Å². The molecule has 2 nitrogen and oxygen atoms in total. The van der Waals surface area contributed by atoms with E-state index >= 15 is 0 Å². The Morgan fingerprint density at radius 2 is 2.06 bits per heavy atom. The summed E-state index contributed by atoms with van der Waals surface area (Å²) in [5.74, 6) is -0.0204. The first kappa shape index (κ1) is 15.0. The summed E-state index contributed by atoms with van der Waals surface area (Å²) in [4.78, 5) is 11.1. The van der Waals surface area contributed by atoms with Crippen LogP contribution < -0.4 is 5.32 Å². The van der Waals surface area contributed by atoms with E-state index in [4.69, 9.17) is 0 Å². The lowest BCUT2D eigenvalue weighted by molar-refractivity contribution is -0.118. The van der Waals surface area contributed by atoms with Gasteiger partial charge in [0.1, 0.15) is 0 Å². The Morgan fingerprint density at radius 3 is 2.61 bits per heavy atom. The first-order valence-corrected chi connectivity index (χ1v) is 9.88. The van der Waals surface area contributed by atoms with Gasteiger partial charge in [-0.1, -0.05) is 57.6 Å². The molecule has 1 atom stereocenters. The zero-order chi connectivity index (χ0) is 13.8. The zero-order valence-electron chi connectivity index (χ0n) is 12.2. The highest BCUT2D eigenvalue weighted by Gasteiger charge is 2.38. The van der Waals surface area contributed by atoms with Gasteiger partial charge in [-0.3, -0.25) is 4.79 Å². The quantitative estimate of drug-likeness (QED) is 0.763. The molecule has 1 N–H and O–H groups in total. The Kier molecular flexibility index (Phi) is 4.74. The number of rotatable bonds is 4. The van der Waals surface area contributed by atoms with Crippen LogP contribution in [0.1, 0.15) is 27.2 Å². The molecular formula is C15H25NOSi. The average Bonchev–Trinajstić information content (AvgIpc) is 2.41. The average molecular weight is 263 g/mol. The van der Waals surface area contributed by atoms with Crippen molar-refractivity contribution < 1.29 is 4.79 Å². The van der Waals surface area contributed by atoms with Crippen LogP contribution >= 0.6 is 0 Å². The molecule has 0 saturated carbocycles. The summed E-state index contributed by atoms with van der Waals surface area (Å²) in [5, 5.41) is 2.99. The summed E-state index contributed by atoms with van der Waals surface area (Å²) < 4.78 is 0. The van der Waals surface area contributed by atoms with Gasteiger partial charge in [-0.05, 0) is 17.2 Å². The Hall–Kier alpha value is -1.09. The molecule has 0 bridgehead atoms. The van der Waals surface area contributed by atoms with Gasteiger partial charge in [0.15, 0.2) is 0 Å². The highest BCUT2D eigenvalue weighted by atomic mass is 28.3. The summed E-state index contributed by atoms with van der Waals surface area (Å²) in [7, 11) is -1.35. The Morgan fingerprint density at radius 1 is 1.39 bits per heavy atom. The third-order valence-electron chi connectivity index (χ3n) is 3.98. The molecule has 1 aliphatic rings. The minimum atomic E-state index is -1.35. The smallest absolute Gasteiger partial charge is 0.221 e. The van der Waals surface area contributed by atoms with E-state index in [0.717, 1.165) is 5.70 Å². The highest BCUT2D eigenvalue weighted by Crippen LogP contribution is 2.44. The highest BCUT2D eigenvalue weighted by molar-refractivity contribution is 6.81. The van der Waals surface area contributed by atoms with Crippen molar-refractivity contribution in [3.05, 3.63) is 36.1 Å². The predicted octanol–water partition coefficient (Wildman–Crippen LogP) is 4.01. The molecule has 100 valence electrons. The van der Waals surface area contributed by atoms with Crippen LogP contribution in [0.4, 0.5) is 0 Å². The summed E-state index contributed by atoms with van der Waals surface area (Å²) in [6.45, 7) is 11.0. The van der Waals surface area contributed by atoms with Crippen molar-refractivity contribution in [2.24, 2.45) is 0 Å². The SMILES string of the molecule is CCC[Si](C)(C)C1(C)C=CC=C(NC(C)=O)C=C1. The molecule has 0 aromatic carbocycles. The molecule has 1 amide bonds. The Bertz CT molecular complexity index is 407. The molecule has 0 aromatic heterocycles. The fourth-order valence-corrected chi connectivity index (χ4v) is 5.23. The number of hydrogen-bond acceptors (Lipinski definition) is 1. The molecule has 0 aromatic rings. The van der Waals surface area contributed by atoms with Crippen molar-refractivity contribution in [3.8, 4) is 0 Å². The third kappa shape index (κ3) is 3.45. The van der Waals surface area contributed by atoms with E-state index in [0.29, 0.717) is 0 Å². The van der Waals surface area contributed by atoms with Gasteiger partial charge in [-0.25, -0.2) is 0 Å². The maximum absolute atomic E-state index is 11.1. The second-order valence-electron chi connectivity index (χ2n) is 5.91. The van der Waals surface area contributed by atoms with Crippen LogP contribution in [0.15, 0.2) is 36.1 Å². The fraction of sp³-hybridized carbons (Fsp3) is 0.533. The maximum atomic E-state index is 11.1. The molecule has 0 fully saturated rings. The molecule has 0 heterocycles. The van der Waals surface area contributed by atoms with Crippen LogP contribution in [-0.4, -0.2) is 14.0 Å². The lowest BCUT2D eigenvalue weighted by Crippen LogP contribution is -2.38. The van der Waals surface area contributed by atoms with Crippen molar-refractivity contribution in [1.82, 2.24) is 5.32 Å². The molecule has 0 radical (unpaired) electrons. The molecule has 0 spiro atoms. The van der Waals surface area contributed by atoms with E-state index in [1.807, 2.05) is 12.2 Å². The molecule has 18 heavy (non-hydrogen) atoms. The number of hydrogen-bond donors (Lipinski definition) is 1. The van der Waals surface area contributed by atoms with E-state index < -0.39 is 8.07 Å². The van der Waals surface area contributed by atoms with Crippen LogP contribution in [0.5, 0.6) is 0 Å². The number of amides is 1. The number of carbonyl (C=O) groups excluding carboxylic acids is 1. The molecule has 1 unspecified atom stereocenters. The molecule has 1 aliphatic carbocycles.